The number of nitrogens with zero attached hydrogens (tertiary/aromatic N) is 1. The first-order valence-corrected chi connectivity index (χ1v) is 11.7. The van der Waals surface area contributed by atoms with Crippen LogP contribution in [0.4, 0.5) is 5.69 Å². The average Bonchev–Trinajstić information content (AvgIpc) is 2.89. The van der Waals surface area contributed by atoms with Gasteiger partial charge in [0.05, 0.1) is 38.5 Å². The van der Waals surface area contributed by atoms with Crippen molar-refractivity contribution in [3.8, 4) is 17.2 Å². The summed E-state index contributed by atoms with van der Waals surface area (Å²) in [5.74, 6) is 0.548. The van der Waals surface area contributed by atoms with E-state index in [9.17, 15) is 9.59 Å². The third kappa shape index (κ3) is 3.87. The first kappa shape index (κ1) is 22.8. The van der Waals surface area contributed by atoms with Crippen molar-refractivity contribution < 1.29 is 23.8 Å². The van der Waals surface area contributed by atoms with Gasteiger partial charge in [0.15, 0.2) is 11.5 Å². The maximum absolute atomic E-state index is 14.0. The summed E-state index contributed by atoms with van der Waals surface area (Å²) in [7, 11) is 3.08. The highest BCUT2D eigenvalue weighted by molar-refractivity contribution is 6.05. The summed E-state index contributed by atoms with van der Waals surface area (Å²) in [4.78, 5) is 29.5. The number of rotatable bonds is 6. The second-order valence-corrected chi connectivity index (χ2v) is 8.58. The van der Waals surface area contributed by atoms with E-state index >= 15 is 0 Å². The van der Waals surface area contributed by atoms with Crippen molar-refractivity contribution in [2.75, 3.05) is 32.7 Å². The van der Waals surface area contributed by atoms with Crippen LogP contribution in [0.3, 0.4) is 0 Å². The topological polar surface area (TPSA) is 77.1 Å². The first-order chi connectivity index (χ1) is 17.1. The summed E-state index contributed by atoms with van der Waals surface area (Å²) in [5.41, 5.74) is 3.81. The lowest BCUT2D eigenvalue weighted by atomic mass is 9.75. The molecule has 180 valence electrons. The van der Waals surface area contributed by atoms with Gasteiger partial charge in [0.1, 0.15) is 5.75 Å². The number of amides is 2. The standard InChI is InChI=1S/C28H28N2O5/c1-4-35-22-12-8-7-11-21(22)29-27(31)25-19-15-23(33-2)24(34-3)16-20(19)28(32)30-14-13-17-9-5-6-10-18(17)26(25)30/h5-12,15-16,25-26H,4,13-14H2,1-3H3,(H,29,31)/t25-,26+/m0/s1. The van der Waals surface area contributed by atoms with Gasteiger partial charge in [-0.3, -0.25) is 9.59 Å². The number of hydrogen-bond donors (Lipinski definition) is 1. The number of hydrogen-bond acceptors (Lipinski definition) is 5. The van der Waals surface area contributed by atoms with Gasteiger partial charge in [0.25, 0.3) is 5.91 Å². The first-order valence-electron chi connectivity index (χ1n) is 11.7. The van der Waals surface area contributed by atoms with Crippen LogP contribution in [0.5, 0.6) is 17.2 Å². The number of ether oxygens (including phenoxy) is 3. The molecular weight excluding hydrogens is 444 g/mol. The molecule has 0 saturated carbocycles. The molecular formula is C28H28N2O5. The van der Waals surface area contributed by atoms with E-state index in [1.807, 2.05) is 54.3 Å². The fourth-order valence-electron chi connectivity index (χ4n) is 5.19. The summed E-state index contributed by atoms with van der Waals surface area (Å²) in [6.07, 6.45) is 0.739. The minimum absolute atomic E-state index is 0.112. The zero-order valence-corrected chi connectivity index (χ0v) is 20.0. The number of nitrogens with one attached hydrogen (secondary N) is 1. The van der Waals surface area contributed by atoms with Crippen molar-refractivity contribution in [2.24, 2.45) is 0 Å². The third-order valence-electron chi connectivity index (χ3n) is 6.76. The molecule has 2 aliphatic heterocycles. The van der Waals surface area contributed by atoms with Crippen molar-refractivity contribution in [3.05, 3.63) is 82.9 Å². The molecule has 2 atom stereocenters. The van der Waals surface area contributed by atoms with Crippen LogP contribution in [0.1, 0.15) is 45.9 Å². The van der Waals surface area contributed by atoms with E-state index in [-0.39, 0.29) is 11.8 Å². The summed E-state index contributed by atoms with van der Waals surface area (Å²) < 4.78 is 16.7. The van der Waals surface area contributed by atoms with Crippen LogP contribution in [0.2, 0.25) is 0 Å². The lowest BCUT2D eigenvalue weighted by molar-refractivity contribution is -0.119. The highest BCUT2D eigenvalue weighted by Gasteiger charge is 2.47. The summed E-state index contributed by atoms with van der Waals surface area (Å²) in [6.45, 7) is 2.92. The number of carbonyl (C=O) groups excluding carboxylic acids is 2. The fourth-order valence-corrected chi connectivity index (χ4v) is 5.19. The molecule has 3 aromatic carbocycles. The third-order valence-corrected chi connectivity index (χ3v) is 6.76. The summed E-state index contributed by atoms with van der Waals surface area (Å²) in [6, 6.07) is 18.4. The molecule has 0 spiro atoms. The Kier molecular flexibility index (Phi) is 6.07. The van der Waals surface area contributed by atoms with Gasteiger partial charge < -0.3 is 24.4 Å². The normalized spacial score (nSPS) is 18.1. The Morgan fingerprint density at radius 1 is 0.971 bits per heavy atom. The number of anilines is 1. The zero-order chi connectivity index (χ0) is 24.5. The molecule has 0 aromatic heterocycles. The molecule has 0 radical (unpaired) electrons. The summed E-state index contributed by atoms with van der Waals surface area (Å²) >= 11 is 0. The lowest BCUT2D eigenvalue weighted by Gasteiger charge is -2.45. The molecule has 0 fully saturated rings. The molecule has 3 aromatic rings. The Bertz CT molecular complexity index is 1290. The zero-order valence-electron chi connectivity index (χ0n) is 20.0. The van der Waals surface area contributed by atoms with E-state index in [0.717, 1.165) is 17.5 Å². The molecule has 7 heteroatoms. The van der Waals surface area contributed by atoms with Crippen LogP contribution in [-0.4, -0.2) is 44.1 Å². The monoisotopic (exact) mass is 472 g/mol. The Morgan fingerprint density at radius 3 is 2.46 bits per heavy atom. The van der Waals surface area contributed by atoms with Crippen molar-refractivity contribution >= 4 is 17.5 Å². The van der Waals surface area contributed by atoms with E-state index in [1.165, 1.54) is 7.11 Å². The molecule has 2 heterocycles. The van der Waals surface area contributed by atoms with Gasteiger partial charge >= 0.3 is 0 Å². The van der Waals surface area contributed by atoms with Gasteiger partial charge in [-0.25, -0.2) is 0 Å². The van der Waals surface area contributed by atoms with Gasteiger partial charge in [-0.15, -0.1) is 0 Å². The quantitative estimate of drug-likeness (QED) is 0.568. The van der Waals surface area contributed by atoms with Crippen LogP contribution >= 0.6 is 0 Å². The maximum atomic E-state index is 14.0. The predicted molar refractivity (Wildman–Crippen MR) is 132 cm³/mol. The Balaban J connectivity index is 1.67. The highest BCUT2D eigenvalue weighted by Crippen LogP contribution is 2.48. The molecule has 5 rings (SSSR count). The molecule has 0 aliphatic carbocycles. The Morgan fingerprint density at radius 2 is 1.69 bits per heavy atom. The minimum Gasteiger partial charge on any atom is -0.493 e. The van der Waals surface area contributed by atoms with Gasteiger partial charge in [0, 0.05) is 12.1 Å². The van der Waals surface area contributed by atoms with Crippen LogP contribution in [-0.2, 0) is 11.2 Å². The van der Waals surface area contributed by atoms with Gasteiger partial charge in [-0.1, -0.05) is 36.4 Å². The van der Waals surface area contributed by atoms with Crippen molar-refractivity contribution in [3.63, 3.8) is 0 Å². The lowest BCUT2D eigenvalue weighted by Crippen LogP contribution is -2.49. The highest BCUT2D eigenvalue weighted by atomic mass is 16.5. The van der Waals surface area contributed by atoms with E-state index in [1.54, 1.807) is 19.2 Å². The molecule has 7 nitrogen and oxygen atoms in total. The van der Waals surface area contributed by atoms with Crippen LogP contribution < -0.4 is 19.5 Å². The van der Waals surface area contributed by atoms with Gasteiger partial charge in [-0.05, 0) is 54.3 Å². The van der Waals surface area contributed by atoms with Crippen molar-refractivity contribution in [2.45, 2.75) is 25.3 Å². The maximum Gasteiger partial charge on any atom is 0.254 e. The Labute approximate surface area is 204 Å². The van der Waals surface area contributed by atoms with E-state index < -0.39 is 12.0 Å². The largest absolute Gasteiger partial charge is 0.493 e. The molecule has 0 saturated heterocycles. The van der Waals surface area contributed by atoms with E-state index in [4.69, 9.17) is 14.2 Å². The smallest absolute Gasteiger partial charge is 0.254 e. The Hall–Kier alpha value is -4.00. The molecule has 0 bridgehead atoms. The number of fused-ring (bicyclic) bond motifs is 4. The predicted octanol–water partition coefficient (Wildman–Crippen LogP) is 4.58. The SMILES string of the molecule is CCOc1ccccc1NC(=O)[C@H]1c2cc(OC)c(OC)cc2C(=O)N2CCc3ccccc3[C@H]12. The van der Waals surface area contributed by atoms with Gasteiger partial charge in [-0.2, -0.15) is 0 Å². The van der Waals surface area contributed by atoms with E-state index in [0.29, 0.717) is 47.2 Å². The second kappa shape index (κ2) is 9.33. The average molecular weight is 473 g/mol. The van der Waals surface area contributed by atoms with Crippen LogP contribution in [0.15, 0.2) is 60.7 Å². The second-order valence-electron chi connectivity index (χ2n) is 8.58. The molecule has 1 N–H and O–H groups in total. The minimum atomic E-state index is -0.654. The van der Waals surface area contributed by atoms with Crippen LogP contribution in [0, 0.1) is 0 Å². The van der Waals surface area contributed by atoms with E-state index in [2.05, 4.69) is 11.4 Å². The number of benzene rings is 3. The number of carbonyl (C=O) groups is 2. The molecule has 0 unspecified atom stereocenters. The molecule has 2 amide bonds. The van der Waals surface area contributed by atoms with Crippen molar-refractivity contribution in [1.29, 1.82) is 0 Å². The van der Waals surface area contributed by atoms with Crippen molar-refractivity contribution in [1.82, 2.24) is 4.90 Å². The fraction of sp³-hybridized carbons (Fsp3) is 0.286. The molecule has 35 heavy (non-hydrogen) atoms. The van der Waals surface area contributed by atoms with Crippen LogP contribution in [0.25, 0.3) is 0 Å². The number of para-hydroxylation sites is 2. The number of methoxy groups -OCH3 is 2. The molecule has 2 aliphatic rings. The van der Waals surface area contributed by atoms with Gasteiger partial charge in [0.2, 0.25) is 5.91 Å². The summed E-state index contributed by atoms with van der Waals surface area (Å²) in [5, 5.41) is 3.08.